The maximum Gasteiger partial charge on any atom is 0.323 e. The van der Waals surface area contributed by atoms with Crippen LogP contribution in [0.2, 0.25) is 0 Å². The first-order chi connectivity index (χ1) is 8.95. The van der Waals surface area contributed by atoms with Crippen molar-refractivity contribution >= 4 is 17.6 Å². The molecule has 0 fully saturated rings. The van der Waals surface area contributed by atoms with Gasteiger partial charge < -0.3 is 10.0 Å². The number of nitro benzene ring substituents is 1. The molecular weight excluding hydrogens is 252 g/mol. The molecule has 7 heteroatoms. The molecular formula is C12H12N2O5. The summed E-state index contributed by atoms with van der Waals surface area (Å²) < 4.78 is 0. The smallest absolute Gasteiger partial charge is 0.323 e. The predicted octanol–water partition coefficient (Wildman–Crippen LogP) is 1.31. The molecule has 0 spiro atoms. The van der Waals surface area contributed by atoms with E-state index in [1.165, 1.54) is 24.3 Å². The standard InChI is InChI=1S/C12H12N2O5/c1-2-6-13(8-11(15)16)12(17)9-4-3-5-10(7-9)14(18)19/h2-5,7H,1,6,8H2,(H,15,16). The number of hydrogen-bond donors (Lipinski definition) is 1. The third-order valence-corrected chi connectivity index (χ3v) is 2.27. The molecule has 0 aromatic heterocycles. The van der Waals surface area contributed by atoms with Gasteiger partial charge in [0.15, 0.2) is 0 Å². The van der Waals surface area contributed by atoms with E-state index in [1.807, 2.05) is 0 Å². The van der Waals surface area contributed by atoms with Crippen LogP contribution in [0.25, 0.3) is 0 Å². The van der Waals surface area contributed by atoms with Gasteiger partial charge in [-0.25, -0.2) is 0 Å². The van der Waals surface area contributed by atoms with E-state index in [4.69, 9.17) is 5.11 Å². The number of non-ortho nitro benzene ring substituents is 1. The maximum atomic E-state index is 12.0. The van der Waals surface area contributed by atoms with Crippen LogP contribution in [0.3, 0.4) is 0 Å². The van der Waals surface area contributed by atoms with Crippen LogP contribution in [0.15, 0.2) is 36.9 Å². The van der Waals surface area contributed by atoms with Crippen LogP contribution < -0.4 is 0 Å². The van der Waals surface area contributed by atoms with Crippen LogP contribution >= 0.6 is 0 Å². The molecule has 0 aliphatic carbocycles. The molecule has 0 bridgehead atoms. The number of carboxylic acid groups (broad SMARTS) is 1. The number of nitro groups is 1. The van der Waals surface area contributed by atoms with Gasteiger partial charge in [-0.1, -0.05) is 12.1 Å². The summed E-state index contributed by atoms with van der Waals surface area (Å²) >= 11 is 0. The van der Waals surface area contributed by atoms with Gasteiger partial charge in [0, 0.05) is 24.2 Å². The number of aliphatic carboxylic acids is 1. The van der Waals surface area contributed by atoms with Crippen molar-refractivity contribution < 1.29 is 19.6 Å². The molecule has 1 aromatic rings. The van der Waals surface area contributed by atoms with Crippen molar-refractivity contribution in [2.45, 2.75) is 0 Å². The molecule has 1 rings (SSSR count). The summed E-state index contributed by atoms with van der Waals surface area (Å²) in [6.07, 6.45) is 1.39. The highest BCUT2D eigenvalue weighted by Gasteiger charge is 2.19. The highest BCUT2D eigenvalue weighted by molar-refractivity contribution is 5.96. The second-order valence-corrected chi connectivity index (χ2v) is 3.68. The lowest BCUT2D eigenvalue weighted by atomic mass is 10.1. The van der Waals surface area contributed by atoms with E-state index in [1.54, 1.807) is 0 Å². The molecule has 1 aromatic carbocycles. The predicted molar refractivity (Wildman–Crippen MR) is 66.8 cm³/mol. The minimum atomic E-state index is -1.17. The lowest BCUT2D eigenvalue weighted by molar-refractivity contribution is -0.384. The molecule has 7 nitrogen and oxygen atoms in total. The Morgan fingerprint density at radius 3 is 2.68 bits per heavy atom. The second kappa shape index (κ2) is 6.29. The Kier molecular flexibility index (Phi) is 4.76. The van der Waals surface area contributed by atoms with Crippen molar-refractivity contribution in [1.82, 2.24) is 4.90 Å². The van der Waals surface area contributed by atoms with E-state index in [-0.39, 0.29) is 17.8 Å². The van der Waals surface area contributed by atoms with Crippen LogP contribution in [0.5, 0.6) is 0 Å². The Morgan fingerprint density at radius 2 is 2.16 bits per heavy atom. The van der Waals surface area contributed by atoms with Crippen molar-refractivity contribution in [3.05, 3.63) is 52.6 Å². The van der Waals surface area contributed by atoms with Crippen molar-refractivity contribution in [1.29, 1.82) is 0 Å². The Balaban J connectivity index is 3.01. The molecule has 0 heterocycles. The molecule has 0 radical (unpaired) electrons. The highest BCUT2D eigenvalue weighted by Crippen LogP contribution is 2.14. The zero-order valence-corrected chi connectivity index (χ0v) is 9.98. The summed E-state index contributed by atoms with van der Waals surface area (Å²) in [6, 6.07) is 5.14. The first kappa shape index (κ1) is 14.4. The van der Waals surface area contributed by atoms with Crippen LogP contribution in [-0.4, -0.2) is 39.9 Å². The Hall–Kier alpha value is -2.70. The molecule has 0 saturated heterocycles. The number of carboxylic acids is 1. The first-order valence-corrected chi connectivity index (χ1v) is 5.32. The van der Waals surface area contributed by atoms with Crippen LogP contribution in [0, 0.1) is 10.1 Å². The van der Waals surface area contributed by atoms with Gasteiger partial charge in [-0.3, -0.25) is 19.7 Å². The summed E-state index contributed by atoms with van der Waals surface area (Å²) in [6.45, 7) is 2.99. The maximum absolute atomic E-state index is 12.0. The summed E-state index contributed by atoms with van der Waals surface area (Å²) in [4.78, 5) is 33.7. The fourth-order valence-corrected chi connectivity index (χ4v) is 1.47. The second-order valence-electron chi connectivity index (χ2n) is 3.68. The van der Waals surface area contributed by atoms with Crippen LogP contribution in [0.1, 0.15) is 10.4 Å². The molecule has 1 N–H and O–H groups in total. The molecule has 0 aliphatic rings. The summed E-state index contributed by atoms with van der Waals surface area (Å²) in [5.74, 6) is -1.76. The monoisotopic (exact) mass is 264 g/mol. The molecule has 19 heavy (non-hydrogen) atoms. The van der Waals surface area contributed by atoms with Gasteiger partial charge in [0.25, 0.3) is 11.6 Å². The van der Waals surface area contributed by atoms with Crippen LogP contribution in [0.4, 0.5) is 5.69 Å². The Labute approximate surface area is 108 Å². The number of hydrogen-bond acceptors (Lipinski definition) is 4. The fourth-order valence-electron chi connectivity index (χ4n) is 1.47. The zero-order valence-electron chi connectivity index (χ0n) is 9.98. The number of carbonyl (C=O) groups is 2. The van der Waals surface area contributed by atoms with E-state index >= 15 is 0 Å². The molecule has 0 saturated carbocycles. The molecule has 100 valence electrons. The van der Waals surface area contributed by atoms with Gasteiger partial charge in [-0.05, 0) is 6.07 Å². The topological polar surface area (TPSA) is 101 Å². The summed E-state index contributed by atoms with van der Waals surface area (Å²) in [5.41, 5.74) is -0.156. The molecule has 0 unspecified atom stereocenters. The van der Waals surface area contributed by atoms with E-state index in [0.717, 1.165) is 11.0 Å². The van der Waals surface area contributed by atoms with Gasteiger partial charge in [-0.15, -0.1) is 6.58 Å². The third-order valence-electron chi connectivity index (χ3n) is 2.27. The quantitative estimate of drug-likeness (QED) is 0.474. The molecule has 0 atom stereocenters. The third kappa shape index (κ3) is 3.91. The van der Waals surface area contributed by atoms with Gasteiger partial charge >= 0.3 is 5.97 Å². The lowest BCUT2D eigenvalue weighted by Gasteiger charge is -2.18. The SMILES string of the molecule is C=CCN(CC(=O)O)C(=O)c1cccc([N+](=O)[O-])c1. The van der Waals surface area contributed by atoms with Crippen molar-refractivity contribution in [2.75, 3.05) is 13.1 Å². The molecule has 0 aliphatic heterocycles. The van der Waals surface area contributed by atoms with E-state index in [0.29, 0.717) is 0 Å². The van der Waals surface area contributed by atoms with E-state index in [2.05, 4.69) is 6.58 Å². The van der Waals surface area contributed by atoms with E-state index < -0.39 is 23.3 Å². The Morgan fingerprint density at radius 1 is 1.47 bits per heavy atom. The average molecular weight is 264 g/mol. The average Bonchev–Trinajstić information content (AvgIpc) is 2.37. The minimum absolute atomic E-state index is 0.0494. The number of carbonyl (C=O) groups excluding carboxylic acids is 1. The zero-order chi connectivity index (χ0) is 14.4. The molecule has 1 amide bonds. The first-order valence-electron chi connectivity index (χ1n) is 5.32. The fraction of sp³-hybridized carbons (Fsp3) is 0.167. The number of benzene rings is 1. The van der Waals surface area contributed by atoms with Crippen molar-refractivity contribution in [3.8, 4) is 0 Å². The number of nitrogens with zero attached hydrogens (tertiary/aromatic N) is 2. The van der Waals surface area contributed by atoms with Gasteiger partial charge in [0.05, 0.1) is 4.92 Å². The van der Waals surface area contributed by atoms with Crippen molar-refractivity contribution in [3.63, 3.8) is 0 Å². The van der Waals surface area contributed by atoms with Gasteiger partial charge in [0.2, 0.25) is 0 Å². The van der Waals surface area contributed by atoms with E-state index in [9.17, 15) is 19.7 Å². The van der Waals surface area contributed by atoms with Crippen LogP contribution in [-0.2, 0) is 4.79 Å². The number of amides is 1. The normalized spacial score (nSPS) is 9.68. The number of rotatable bonds is 6. The largest absolute Gasteiger partial charge is 0.480 e. The minimum Gasteiger partial charge on any atom is -0.480 e. The lowest BCUT2D eigenvalue weighted by Crippen LogP contribution is -2.35. The van der Waals surface area contributed by atoms with Gasteiger partial charge in [0.1, 0.15) is 6.54 Å². The van der Waals surface area contributed by atoms with Gasteiger partial charge in [-0.2, -0.15) is 0 Å². The highest BCUT2D eigenvalue weighted by atomic mass is 16.6. The Bertz CT molecular complexity index is 527. The van der Waals surface area contributed by atoms with Crippen molar-refractivity contribution in [2.24, 2.45) is 0 Å². The summed E-state index contributed by atoms with van der Waals surface area (Å²) in [5, 5.41) is 19.3. The summed E-state index contributed by atoms with van der Waals surface area (Å²) in [7, 11) is 0.